The standard InChI is InChI=1S/C39H36N4O8/c1-25(9-6-17-36(45)40-20-8-12-29(40)24-44)39(48)31-22-28(43(49)50)18-19-32(31)41(38(39)47)23-26-10-7-11-27(21-26)42-33-14-3-5-16-35(33)51-34-15-4-2-13-30(34)37(42)46/h2-7,9-11,13-16,18-19,21-22,25,29,44,48H,8,12,17,20,23-24H2,1H3/b9-6+/t25-,29-,39+/m0/s1. The van der Waals surface area contributed by atoms with Crippen molar-refractivity contribution in [3.8, 4) is 11.5 Å². The van der Waals surface area contributed by atoms with Crippen molar-refractivity contribution in [3.63, 3.8) is 0 Å². The average Bonchev–Trinajstić information content (AvgIpc) is 3.67. The maximum Gasteiger partial charge on any atom is 0.269 e. The van der Waals surface area contributed by atoms with E-state index < -0.39 is 22.3 Å². The van der Waals surface area contributed by atoms with Gasteiger partial charge in [0.1, 0.15) is 5.75 Å². The van der Waals surface area contributed by atoms with Crippen LogP contribution in [0.4, 0.5) is 22.7 Å². The van der Waals surface area contributed by atoms with Crippen LogP contribution in [-0.4, -0.2) is 57.0 Å². The molecule has 12 heteroatoms. The van der Waals surface area contributed by atoms with E-state index in [0.717, 1.165) is 12.8 Å². The summed E-state index contributed by atoms with van der Waals surface area (Å²) in [6, 6.07) is 25.1. The Morgan fingerprint density at radius 2 is 1.78 bits per heavy atom. The van der Waals surface area contributed by atoms with Crippen LogP contribution < -0.4 is 14.5 Å². The van der Waals surface area contributed by atoms with Gasteiger partial charge in [-0.2, -0.15) is 0 Å². The molecule has 0 aliphatic carbocycles. The van der Waals surface area contributed by atoms with Gasteiger partial charge in [-0.15, -0.1) is 0 Å². The first kappa shape index (κ1) is 33.6. The monoisotopic (exact) mass is 688 g/mol. The largest absolute Gasteiger partial charge is 0.454 e. The molecule has 51 heavy (non-hydrogen) atoms. The molecule has 3 atom stereocenters. The van der Waals surface area contributed by atoms with Crippen LogP contribution in [-0.2, 0) is 21.7 Å². The van der Waals surface area contributed by atoms with Crippen molar-refractivity contribution in [3.05, 3.63) is 130 Å². The number of ether oxygens (including phenoxy) is 1. The number of aliphatic hydroxyl groups is 2. The fraction of sp³-hybridized carbons (Fsp3) is 0.256. The second-order valence-electron chi connectivity index (χ2n) is 13.0. The van der Waals surface area contributed by atoms with Crippen LogP contribution in [0, 0.1) is 16.0 Å². The highest BCUT2D eigenvalue weighted by Crippen LogP contribution is 2.48. The van der Waals surface area contributed by atoms with E-state index in [4.69, 9.17) is 4.74 Å². The van der Waals surface area contributed by atoms with Crippen LogP contribution in [0.15, 0.2) is 103 Å². The van der Waals surface area contributed by atoms with Gasteiger partial charge in [-0.3, -0.25) is 29.4 Å². The summed E-state index contributed by atoms with van der Waals surface area (Å²) in [5, 5.41) is 33.5. The lowest BCUT2D eigenvalue weighted by molar-refractivity contribution is -0.385. The predicted octanol–water partition coefficient (Wildman–Crippen LogP) is 5.98. The Morgan fingerprint density at radius 3 is 2.57 bits per heavy atom. The SMILES string of the molecule is C[C@@H](/C=C/CC(=O)N1CCC[C@H]1CO)[C@]1(O)C(=O)N(Cc2cccc(N3C(=O)c4ccccc4Oc4ccccc43)c2)c2ccc([N+](=O)[O-])cc21. The number of carbonyl (C=O) groups is 3. The number of anilines is 3. The lowest BCUT2D eigenvalue weighted by atomic mass is 9.82. The molecule has 3 aliphatic rings. The van der Waals surface area contributed by atoms with Crippen LogP contribution in [0.3, 0.4) is 0 Å². The third kappa shape index (κ3) is 5.92. The number of rotatable bonds is 9. The van der Waals surface area contributed by atoms with Gasteiger partial charge >= 0.3 is 0 Å². The molecule has 260 valence electrons. The molecule has 12 nitrogen and oxygen atoms in total. The molecule has 3 amide bonds. The summed E-state index contributed by atoms with van der Waals surface area (Å²) in [5.41, 5.74) is 0.0422. The van der Waals surface area contributed by atoms with Crippen molar-refractivity contribution in [1.29, 1.82) is 0 Å². The Balaban J connectivity index is 1.20. The fourth-order valence-electron chi connectivity index (χ4n) is 7.23. The Bertz CT molecular complexity index is 2080. The summed E-state index contributed by atoms with van der Waals surface area (Å²) in [7, 11) is 0. The van der Waals surface area contributed by atoms with Gasteiger partial charge in [-0.1, -0.05) is 55.5 Å². The van der Waals surface area contributed by atoms with Gasteiger partial charge in [0, 0.05) is 42.3 Å². The van der Waals surface area contributed by atoms with Gasteiger partial charge in [0.05, 0.1) is 41.1 Å². The van der Waals surface area contributed by atoms with Crippen molar-refractivity contribution in [2.75, 3.05) is 23.0 Å². The van der Waals surface area contributed by atoms with E-state index in [1.165, 1.54) is 23.1 Å². The molecule has 1 fully saturated rings. The summed E-state index contributed by atoms with van der Waals surface area (Å²) in [5.74, 6) is -1.09. The van der Waals surface area contributed by atoms with Gasteiger partial charge in [-0.25, -0.2) is 0 Å². The molecule has 7 rings (SSSR count). The molecule has 0 aromatic heterocycles. The molecule has 3 aliphatic heterocycles. The molecule has 0 saturated carbocycles. The molecule has 0 spiro atoms. The minimum absolute atomic E-state index is 0.0109. The van der Waals surface area contributed by atoms with E-state index in [9.17, 15) is 34.7 Å². The van der Waals surface area contributed by atoms with Gasteiger partial charge in [0.15, 0.2) is 11.4 Å². The highest BCUT2D eigenvalue weighted by molar-refractivity contribution is 6.14. The normalized spacial score (nSPS) is 20.1. The van der Waals surface area contributed by atoms with Crippen LogP contribution in [0.25, 0.3) is 0 Å². The number of amides is 3. The van der Waals surface area contributed by atoms with E-state index in [2.05, 4.69) is 0 Å². The van der Waals surface area contributed by atoms with Crippen molar-refractivity contribution < 1.29 is 34.3 Å². The quantitative estimate of drug-likeness (QED) is 0.124. The molecule has 2 N–H and O–H groups in total. The molecule has 1 saturated heterocycles. The molecule has 0 radical (unpaired) electrons. The zero-order valence-corrected chi connectivity index (χ0v) is 27.8. The number of aliphatic hydroxyl groups excluding tert-OH is 1. The van der Waals surface area contributed by atoms with E-state index in [0.29, 0.717) is 46.2 Å². The zero-order chi connectivity index (χ0) is 35.9. The van der Waals surface area contributed by atoms with Crippen molar-refractivity contribution in [1.82, 2.24) is 4.90 Å². The van der Waals surface area contributed by atoms with Crippen LogP contribution in [0.1, 0.15) is 47.7 Å². The first-order valence-electron chi connectivity index (χ1n) is 16.8. The van der Waals surface area contributed by atoms with Gasteiger partial charge in [0.25, 0.3) is 17.5 Å². The molecule has 0 unspecified atom stereocenters. The topological polar surface area (TPSA) is 154 Å². The van der Waals surface area contributed by atoms with Crippen LogP contribution >= 0.6 is 0 Å². The Kier molecular flexibility index (Phi) is 8.88. The van der Waals surface area contributed by atoms with E-state index >= 15 is 0 Å². The second-order valence-corrected chi connectivity index (χ2v) is 13.0. The summed E-state index contributed by atoms with van der Waals surface area (Å²) in [4.78, 5) is 56.9. The molecule has 3 heterocycles. The van der Waals surface area contributed by atoms with Crippen molar-refractivity contribution in [2.24, 2.45) is 5.92 Å². The second kappa shape index (κ2) is 13.5. The van der Waals surface area contributed by atoms with E-state index in [1.54, 1.807) is 89.5 Å². The first-order valence-corrected chi connectivity index (χ1v) is 16.8. The summed E-state index contributed by atoms with van der Waals surface area (Å²) in [6.07, 6.45) is 4.72. The summed E-state index contributed by atoms with van der Waals surface area (Å²) < 4.78 is 6.14. The fourth-order valence-corrected chi connectivity index (χ4v) is 7.23. The number of hydrogen-bond acceptors (Lipinski definition) is 8. The van der Waals surface area contributed by atoms with E-state index in [1.807, 2.05) is 12.1 Å². The number of likely N-dealkylation sites (tertiary alicyclic amines) is 1. The van der Waals surface area contributed by atoms with Crippen LogP contribution in [0.2, 0.25) is 0 Å². The highest BCUT2D eigenvalue weighted by Gasteiger charge is 2.53. The van der Waals surface area contributed by atoms with Gasteiger partial charge < -0.3 is 24.7 Å². The molecule has 4 aromatic carbocycles. The third-order valence-electron chi connectivity index (χ3n) is 9.90. The van der Waals surface area contributed by atoms with Crippen molar-refractivity contribution >= 4 is 40.5 Å². The average molecular weight is 689 g/mol. The number of para-hydroxylation sites is 3. The number of hydrogen-bond donors (Lipinski definition) is 2. The number of nitro benzene ring substituents is 1. The Hall–Kier alpha value is -5.85. The number of benzene rings is 4. The maximum atomic E-state index is 14.3. The summed E-state index contributed by atoms with van der Waals surface area (Å²) >= 11 is 0. The number of fused-ring (bicyclic) bond motifs is 3. The molecule has 0 bridgehead atoms. The molecule has 4 aromatic rings. The predicted molar refractivity (Wildman–Crippen MR) is 189 cm³/mol. The highest BCUT2D eigenvalue weighted by atomic mass is 16.6. The lowest BCUT2D eigenvalue weighted by Gasteiger charge is -2.28. The first-order chi connectivity index (χ1) is 24.6. The van der Waals surface area contributed by atoms with Crippen molar-refractivity contribution in [2.45, 2.75) is 44.4 Å². The van der Waals surface area contributed by atoms with Crippen LogP contribution in [0.5, 0.6) is 11.5 Å². The maximum absolute atomic E-state index is 14.3. The van der Waals surface area contributed by atoms with E-state index in [-0.39, 0.29) is 48.7 Å². The number of non-ortho nitro benzene ring substituents is 1. The number of nitrogens with zero attached hydrogens (tertiary/aromatic N) is 4. The van der Waals surface area contributed by atoms with Gasteiger partial charge in [-0.05, 0) is 60.9 Å². The molecular formula is C39H36N4O8. The Labute approximate surface area is 293 Å². The summed E-state index contributed by atoms with van der Waals surface area (Å²) in [6.45, 7) is 2.06. The number of nitro groups is 1. The lowest BCUT2D eigenvalue weighted by Crippen LogP contribution is -2.44. The minimum atomic E-state index is -2.17. The number of carbonyl (C=O) groups excluding carboxylic acids is 3. The molecular weight excluding hydrogens is 652 g/mol. The zero-order valence-electron chi connectivity index (χ0n) is 27.8. The third-order valence-corrected chi connectivity index (χ3v) is 9.90. The minimum Gasteiger partial charge on any atom is -0.454 e. The van der Waals surface area contributed by atoms with Gasteiger partial charge in [0.2, 0.25) is 5.91 Å². The smallest absolute Gasteiger partial charge is 0.269 e. The Morgan fingerprint density at radius 1 is 1.02 bits per heavy atom.